The molecule has 0 aromatic rings. The van der Waals surface area contributed by atoms with E-state index in [1.54, 1.807) is 0 Å². The number of carbonyl (C=O) groups is 1. The molecule has 3 heteroatoms. The molecule has 1 atom stereocenters. The van der Waals surface area contributed by atoms with Crippen LogP contribution in [-0.4, -0.2) is 24.0 Å². The fourth-order valence-electron chi connectivity index (χ4n) is 2.39. The largest absolute Gasteiger partial charge is 0.350 e. The zero-order valence-electron chi connectivity index (χ0n) is 9.81. The Morgan fingerprint density at radius 2 is 2.00 bits per heavy atom. The summed E-state index contributed by atoms with van der Waals surface area (Å²) in [5.74, 6) is 0.900. The monoisotopic (exact) mass is 210 g/mol. The summed E-state index contributed by atoms with van der Waals surface area (Å²) in [6.45, 7) is 5.28. The summed E-state index contributed by atoms with van der Waals surface area (Å²) in [5, 5.41) is 6.48. The standard InChI is InChI=1S/C12H22N2O/c1-12(2,9-6-7-9)14-11(15)10-5-3-4-8-13-10/h9-10,13H,3-8H2,1-2H3,(H,14,15)/t10-/m1/s1. The number of hydrogen-bond acceptors (Lipinski definition) is 2. The molecule has 1 aliphatic carbocycles. The molecule has 1 heterocycles. The molecule has 1 aliphatic heterocycles. The number of carbonyl (C=O) groups excluding carboxylic acids is 1. The van der Waals surface area contributed by atoms with Crippen LogP contribution in [0.15, 0.2) is 0 Å². The van der Waals surface area contributed by atoms with E-state index >= 15 is 0 Å². The van der Waals surface area contributed by atoms with Crippen LogP contribution in [-0.2, 0) is 4.79 Å². The van der Waals surface area contributed by atoms with Crippen LogP contribution in [0.2, 0.25) is 0 Å². The third-order valence-electron chi connectivity index (χ3n) is 3.67. The average Bonchev–Trinajstić information content (AvgIpc) is 3.01. The number of nitrogens with one attached hydrogen (secondary N) is 2. The summed E-state index contributed by atoms with van der Waals surface area (Å²) in [7, 11) is 0. The van der Waals surface area contributed by atoms with Crippen molar-refractivity contribution in [1.82, 2.24) is 10.6 Å². The van der Waals surface area contributed by atoms with Gasteiger partial charge < -0.3 is 10.6 Å². The van der Waals surface area contributed by atoms with Gasteiger partial charge in [0.15, 0.2) is 0 Å². The Morgan fingerprint density at radius 1 is 1.27 bits per heavy atom. The zero-order valence-corrected chi connectivity index (χ0v) is 9.81. The summed E-state index contributed by atoms with van der Waals surface area (Å²) in [6.07, 6.45) is 5.91. The van der Waals surface area contributed by atoms with Crippen molar-refractivity contribution in [1.29, 1.82) is 0 Å². The zero-order chi connectivity index (χ0) is 10.9. The second-order valence-electron chi connectivity index (χ2n) is 5.49. The van der Waals surface area contributed by atoms with E-state index in [2.05, 4.69) is 24.5 Å². The van der Waals surface area contributed by atoms with Crippen LogP contribution in [0.4, 0.5) is 0 Å². The van der Waals surface area contributed by atoms with Crippen LogP contribution in [0.1, 0.15) is 46.0 Å². The maximum Gasteiger partial charge on any atom is 0.237 e. The molecule has 1 saturated heterocycles. The van der Waals surface area contributed by atoms with Crippen molar-refractivity contribution >= 4 is 5.91 Å². The molecule has 2 N–H and O–H groups in total. The first kappa shape index (κ1) is 10.9. The van der Waals surface area contributed by atoms with Gasteiger partial charge in [-0.25, -0.2) is 0 Å². The Bertz CT molecular complexity index is 240. The highest BCUT2D eigenvalue weighted by atomic mass is 16.2. The van der Waals surface area contributed by atoms with Crippen molar-refractivity contribution in [2.75, 3.05) is 6.54 Å². The van der Waals surface area contributed by atoms with Crippen molar-refractivity contribution in [2.45, 2.75) is 57.5 Å². The average molecular weight is 210 g/mol. The minimum Gasteiger partial charge on any atom is -0.350 e. The lowest BCUT2D eigenvalue weighted by atomic mass is 9.96. The molecule has 0 aromatic heterocycles. The number of hydrogen-bond donors (Lipinski definition) is 2. The van der Waals surface area contributed by atoms with E-state index in [9.17, 15) is 4.79 Å². The van der Waals surface area contributed by atoms with Crippen molar-refractivity contribution in [3.05, 3.63) is 0 Å². The van der Waals surface area contributed by atoms with Gasteiger partial charge in [-0.15, -0.1) is 0 Å². The van der Waals surface area contributed by atoms with Crippen LogP contribution in [0.25, 0.3) is 0 Å². The Hall–Kier alpha value is -0.570. The summed E-state index contributed by atoms with van der Waals surface area (Å²) >= 11 is 0. The van der Waals surface area contributed by atoms with E-state index < -0.39 is 0 Å². The molecule has 2 fully saturated rings. The van der Waals surface area contributed by atoms with Gasteiger partial charge in [-0.2, -0.15) is 0 Å². The van der Waals surface area contributed by atoms with Gasteiger partial charge in [0.2, 0.25) is 5.91 Å². The van der Waals surface area contributed by atoms with Gasteiger partial charge in [-0.1, -0.05) is 6.42 Å². The van der Waals surface area contributed by atoms with Gasteiger partial charge in [0.25, 0.3) is 0 Å². The number of rotatable bonds is 3. The van der Waals surface area contributed by atoms with Crippen molar-refractivity contribution in [3.8, 4) is 0 Å². The van der Waals surface area contributed by atoms with Crippen molar-refractivity contribution < 1.29 is 4.79 Å². The molecule has 0 unspecified atom stereocenters. The summed E-state index contributed by atoms with van der Waals surface area (Å²) < 4.78 is 0. The lowest BCUT2D eigenvalue weighted by Gasteiger charge is -2.30. The van der Waals surface area contributed by atoms with Gasteiger partial charge in [0.1, 0.15) is 0 Å². The predicted octanol–water partition coefficient (Wildman–Crippen LogP) is 1.43. The molecule has 0 spiro atoms. The minimum absolute atomic E-state index is 0.00376. The fourth-order valence-corrected chi connectivity index (χ4v) is 2.39. The first-order chi connectivity index (χ1) is 7.09. The molecule has 0 radical (unpaired) electrons. The molecule has 3 nitrogen and oxygen atoms in total. The van der Waals surface area contributed by atoms with Crippen LogP contribution in [0, 0.1) is 5.92 Å². The summed E-state index contributed by atoms with van der Waals surface area (Å²) in [5.41, 5.74) is -0.00376. The highest BCUT2D eigenvalue weighted by Gasteiger charge is 2.39. The molecule has 2 aliphatic rings. The molecule has 1 amide bonds. The minimum atomic E-state index is -0.00376. The van der Waals surface area contributed by atoms with Crippen LogP contribution < -0.4 is 10.6 Å². The molecule has 0 aromatic carbocycles. The van der Waals surface area contributed by atoms with Gasteiger partial charge in [-0.05, 0) is 52.0 Å². The van der Waals surface area contributed by atoms with Crippen molar-refractivity contribution in [3.63, 3.8) is 0 Å². The molecule has 86 valence electrons. The Morgan fingerprint density at radius 3 is 2.53 bits per heavy atom. The van der Waals surface area contributed by atoms with E-state index in [0.717, 1.165) is 13.0 Å². The van der Waals surface area contributed by atoms with E-state index in [-0.39, 0.29) is 17.5 Å². The highest BCUT2D eigenvalue weighted by molar-refractivity contribution is 5.82. The van der Waals surface area contributed by atoms with E-state index in [4.69, 9.17) is 0 Å². The third kappa shape index (κ3) is 2.71. The number of piperidine rings is 1. The topological polar surface area (TPSA) is 41.1 Å². The number of amides is 1. The second-order valence-corrected chi connectivity index (χ2v) is 5.49. The Labute approximate surface area is 92.0 Å². The van der Waals surface area contributed by atoms with E-state index in [1.165, 1.54) is 25.7 Å². The van der Waals surface area contributed by atoms with E-state index in [1.807, 2.05) is 0 Å². The summed E-state index contributed by atoms with van der Waals surface area (Å²) in [4.78, 5) is 12.0. The summed E-state index contributed by atoms with van der Waals surface area (Å²) in [6, 6.07) is 0.0526. The maximum absolute atomic E-state index is 12.0. The normalized spacial score (nSPS) is 27.5. The smallest absolute Gasteiger partial charge is 0.237 e. The van der Waals surface area contributed by atoms with Gasteiger partial charge >= 0.3 is 0 Å². The first-order valence-electron chi connectivity index (χ1n) is 6.15. The van der Waals surface area contributed by atoms with Crippen LogP contribution in [0.5, 0.6) is 0 Å². The highest BCUT2D eigenvalue weighted by Crippen LogP contribution is 2.39. The quantitative estimate of drug-likeness (QED) is 0.740. The SMILES string of the molecule is CC(C)(NC(=O)[C@H]1CCCCN1)C1CC1. The Balaban J connectivity index is 1.84. The second kappa shape index (κ2) is 4.12. The third-order valence-corrected chi connectivity index (χ3v) is 3.67. The molecule has 0 bridgehead atoms. The van der Waals surface area contributed by atoms with Crippen molar-refractivity contribution in [2.24, 2.45) is 5.92 Å². The first-order valence-corrected chi connectivity index (χ1v) is 6.15. The lowest BCUT2D eigenvalue weighted by Crippen LogP contribution is -2.54. The van der Waals surface area contributed by atoms with Gasteiger partial charge in [0.05, 0.1) is 6.04 Å². The Kier molecular flexibility index (Phi) is 3.01. The molecule has 15 heavy (non-hydrogen) atoms. The molecular formula is C12H22N2O. The fraction of sp³-hybridized carbons (Fsp3) is 0.917. The van der Waals surface area contributed by atoms with Crippen LogP contribution >= 0.6 is 0 Å². The lowest BCUT2D eigenvalue weighted by molar-refractivity contribution is -0.125. The van der Waals surface area contributed by atoms with Gasteiger partial charge in [-0.3, -0.25) is 4.79 Å². The van der Waals surface area contributed by atoms with E-state index in [0.29, 0.717) is 5.92 Å². The molecule has 2 rings (SSSR count). The van der Waals surface area contributed by atoms with Crippen LogP contribution in [0.3, 0.4) is 0 Å². The maximum atomic E-state index is 12.0. The predicted molar refractivity (Wildman–Crippen MR) is 60.6 cm³/mol. The molecule has 1 saturated carbocycles. The molecular weight excluding hydrogens is 188 g/mol. The van der Waals surface area contributed by atoms with Gasteiger partial charge in [0, 0.05) is 5.54 Å².